The van der Waals surface area contributed by atoms with Crippen LogP contribution in [0.4, 0.5) is 0 Å². The Morgan fingerprint density at radius 3 is 2.50 bits per heavy atom. The molecule has 0 amide bonds. The van der Waals surface area contributed by atoms with E-state index in [-0.39, 0.29) is 0 Å². The Morgan fingerprint density at radius 2 is 1.90 bits per heavy atom. The summed E-state index contributed by atoms with van der Waals surface area (Å²) in [6.07, 6.45) is 0.916. The van der Waals surface area contributed by atoms with Gasteiger partial charge in [0.1, 0.15) is 17.8 Å². The van der Waals surface area contributed by atoms with E-state index in [4.69, 9.17) is 9.47 Å². The van der Waals surface area contributed by atoms with E-state index in [0.29, 0.717) is 11.5 Å². The van der Waals surface area contributed by atoms with Crippen molar-refractivity contribution in [3.05, 3.63) is 58.1 Å². The summed E-state index contributed by atoms with van der Waals surface area (Å²) in [7, 11) is 3.19. The van der Waals surface area contributed by atoms with Gasteiger partial charge in [-0.3, -0.25) is 0 Å². The van der Waals surface area contributed by atoms with Gasteiger partial charge in [-0.2, -0.15) is 0 Å². The summed E-state index contributed by atoms with van der Waals surface area (Å²) in [6, 6.07) is 13.1. The fourth-order valence-electron chi connectivity index (χ4n) is 2.11. The Labute approximate surface area is 126 Å². The number of benzene rings is 2. The summed E-state index contributed by atoms with van der Waals surface area (Å²) in [4.78, 5) is 11.6. The number of methoxy groups -OCH3 is 2. The normalized spacial score (nSPS) is 11.8. The van der Waals surface area contributed by atoms with Crippen molar-refractivity contribution in [1.29, 1.82) is 0 Å². The molecule has 1 unspecified atom stereocenters. The lowest BCUT2D eigenvalue weighted by Gasteiger charge is -2.16. The quantitative estimate of drug-likeness (QED) is 0.780. The summed E-state index contributed by atoms with van der Waals surface area (Å²) in [6.45, 7) is 0. The molecule has 0 aliphatic carbocycles. The second kappa shape index (κ2) is 6.57. The van der Waals surface area contributed by atoms with Crippen molar-refractivity contribution in [3.8, 4) is 11.5 Å². The van der Waals surface area contributed by atoms with Gasteiger partial charge in [0.2, 0.25) is 0 Å². The van der Waals surface area contributed by atoms with Crippen LogP contribution in [0.5, 0.6) is 11.5 Å². The van der Waals surface area contributed by atoms with Gasteiger partial charge in [0.05, 0.1) is 20.1 Å². The van der Waals surface area contributed by atoms with Crippen LogP contribution in [0.3, 0.4) is 0 Å². The van der Waals surface area contributed by atoms with Crippen LogP contribution in [0, 0.1) is 0 Å². The number of carbonyl (C=O) groups is 1. The SMILES string of the molecule is COc1ccc(OC)c(C(C=O)c2cccc(Br)c2)c1. The number of ether oxygens (including phenoxy) is 2. The monoisotopic (exact) mass is 334 g/mol. The summed E-state index contributed by atoms with van der Waals surface area (Å²) in [5.74, 6) is 0.975. The molecule has 20 heavy (non-hydrogen) atoms. The van der Waals surface area contributed by atoms with Crippen molar-refractivity contribution in [1.82, 2.24) is 0 Å². The van der Waals surface area contributed by atoms with Gasteiger partial charge in [0.25, 0.3) is 0 Å². The molecule has 3 nitrogen and oxygen atoms in total. The third-order valence-corrected chi connectivity index (χ3v) is 3.61. The molecule has 104 valence electrons. The van der Waals surface area contributed by atoms with Crippen LogP contribution < -0.4 is 9.47 Å². The number of hydrogen-bond donors (Lipinski definition) is 0. The first kappa shape index (κ1) is 14.6. The minimum atomic E-state index is -0.391. The molecule has 0 heterocycles. The lowest BCUT2D eigenvalue weighted by molar-refractivity contribution is -0.108. The first-order chi connectivity index (χ1) is 9.69. The maximum absolute atomic E-state index is 11.6. The van der Waals surface area contributed by atoms with Crippen LogP contribution in [0.2, 0.25) is 0 Å². The lowest BCUT2D eigenvalue weighted by atomic mass is 9.92. The number of halogens is 1. The average molecular weight is 335 g/mol. The molecule has 0 saturated heterocycles. The molecular weight excluding hydrogens is 320 g/mol. The van der Waals surface area contributed by atoms with E-state index in [2.05, 4.69) is 15.9 Å². The highest BCUT2D eigenvalue weighted by Crippen LogP contribution is 2.34. The van der Waals surface area contributed by atoms with Gasteiger partial charge in [0.15, 0.2) is 0 Å². The van der Waals surface area contributed by atoms with E-state index >= 15 is 0 Å². The van der Waals surface area contributed by atoms with Gasteiger partial charge in [-0.05, 0) is 35.9 Å². The van der Waals surface area contributed by atoms with E-state index in [1.165, 1.54) is 0 Å². The van der Waals surface area contributed by atoms with Crippen molar-refractivity contribution in [3.63, 3.8) is 0 Å². The van der Waals surface area contributed by atoms with Crippen LogP contribution in [0.1, 0.15) is 17.0 Å². The maximum Gasteiger partial charge on any atom is 0.131 e. The zero-order chi connectivity index (χ0) is 14.5. The van der Waals surface area contributed by atoms with E-state index in [1.54, 1.807) is 14.2 Å². The summed E-state index contributed by atoms with van der Waals surface area (Å²) in [5, 5.41) is 0. The number of rotatable bonds is 5. The molecule has 2 aromatic carbocycles. The van der Waals surface area contributed by atoms with Crippen LogP contribution in [-0.2, 0) is 4.79 Å². The van der Waals surface area contributed by atoms with Crippen LogP contribution in [0.15, 0.2) is 46.9 Å². The van der Waals surface area contributed by atoms with E-state index < -0.39 is 5.92 Å². The Hall–Kier alpha value is -1.81. The summed E-state index contributed by atoms with van der Waals surface area (Å²) in [5.41, 5.74) is 1.70. The largest absolute Gasteiger partial charge is 0.497 e. The number of hydrogen-bond acceptors (Lipinski definition) is 3. The molecule has 0 aromatic heterocycles. The van der Waals surface area contributed by atoms with Gasteiger partial charge in [-0.15, -0.1) is 0 Å². The molecule has 0 aliphatic rings. The minimum absolute atomic E-state index is 0.391. The molecule has 0 radical (unpaired) electrons. The van der Waals surface area contributed by atoms with Gasteiger partial charge in [-0.1, -0.05) is 28.1 Å². The smallest absolute Gasteiger partial charge is 0.131 e. The molecule has 4 heteroatoms. The standard InChI is InChI=1S/C16H15BrO3/c1-19-13-6-7-16(20-2)14(9-13)15(10-18)11-4-3-5-12(17)8-11/h3-10,15H,1-2H3. The number of aldehydes is 1. The van der Waals surface area contributed by atoms with Crippen molar-refractivity contribution in [2.75, 3.05) is 14.2 Å². The van der Waals surface area contributed by atoms with Crippen molar-refractivity contribution >= 4 is 22.2 Å². The van der Waals surface area contributed by atoms with Crippen LogP contribution in [0.25, 0.3) is 0 Å². The predicted molar refractivity (Wildman–Crippen MR) is 81.6 cm³/mol. The summed E-state index contributed by atoms with van der Waals surface area (Å²) >= 11 is 3.42. The molecule has 0 fully saturated rings. The fourth-order valence-corrected chi connectivity index (χ4v) is 2.53. The highest BCUT2D eigenvalue weighted by atomic mass is 79.9. The predicted octanol–water partition coefficient (Wildman–Crippen LogP) is 3.80. The highest BCUT2D eigenvalue weighted by molar-refractivity contribution is 9.10. The maximum atomic E-state index is 11.6. The number of carbonyl (C=O) groups excluding carboxylic acids is 1. The van der Waals surface area contributed by atoms with Crippen molar-refractivity contribution < 1.29 is 14.3 Å². The van der Waals surface area contributed by atoms with E-state index in [1.807, 2.05) is 42.5 Å². The molecule has 0 bridgehead atoms. The zero-order valence-electron chi connectivity index (χ0n) is 11.3. The average Bonchev–Trinajstić information content (AvgIpc) is 2.48. The third-order valence-electron chi connectivity index (χ3n) is 3.12. The lowest BCUT2D eigenvalue weighted by Crippen LogP contribution is -2.05. The second-order valence-corrected chi connectivity index (χ2v) is 5.19. The van der Waals surface area contributed by atoms with E-state index in [9.17, 15) is 4.79 Å². The van der Waals surface area contributed by atoms with Gasteiger partial charge in [-0.25, -0.2) is 0 Å². The Kier molecular flexibility index (Phi) is 4.79. The zero-order valence-corrected chi connectivity index (χ0v) is 12.9. The molecule has 0 saturated carbocycles. The van der Waals surface area contributed by atoms with Crippen LogP contribution >= 0.6 is 15.9 Å². The molecule has 1 atom stereocenters. The van der Waals surface area contributed by atoms with Crippen molar-refractivity contribution in [2.45, 2.75) is 5.92 Å². The van der Waals surface area contributed by atoms with Gasteiger partial charge in [0, 0.05) is 10.0 Å². The topological polar surface area (TPSA) is 35.5 Å². The van der Waals surface area contributed by atoms with Crippen LogP contribution in [-0.4, -0.2) is 20.5 Å². The van der Waals surface area contributed by atoms with Gasteiger partial charge >= 0.3 is 0 Å². The molecule has 0 spiro atoms. The fraction of sp³-hybridized carbons (Fsp3) is 0.188. The molecule has 2 aromatic rings. The highest BCUT2D eigenvalue weighted by Gasteiger charge is 2.18. The molecule has 0 N–H and O–H groups in total. The second-order valence-electron chi connectivity index (χ2n) is 4.28. The molecule has 0 aliphatic heterocycles. The first-order valence-corrected chi connectivity index (χ1v) is 6.91. The Bertz CT molecular complexity index is 610. The minimum Gasteiger partial charge on any atom is -0.497 e. The summed E-state index contributed by atoms with van der Waals surface area (Å²) < 4.78 is 11.5. The van der Waals surface area contributed by atoms with Crippen molar-refractivity contribution in [2.24, 2.45) is 0 Å². The molecule has 2 rings (SSSR count). The Morgan fingerprint density at radius 1 is 1.10 bits per heavy atom. The van der Waals surface area contributed by atoms with E-state index in [0.717, 1.165) is 21.9 Å². The third kappa shape index (κ3) is 3.02. The first-order valence-electron chi connectivity index (χ1n) is 6.12. The van der Waals surface area contributed by atoms with Gasteiger partial charge < -0.3 is 14.3 Å². The molecular formula is C16H15BrO3. The Balaban J connectivity index is 2.53.